The van der Waals surface area contributed by atoms with Crippen LogP contribution >= 0.6 is 0 Å². The van der Waals surface area contributed by atoms with Gasteiger partial charge < -0.3 is 10.2 Å². The highest BCUT2D eigenvalue weighted by molar-refractivity contribution is 5.29. The zero-order valence-corrected chi connectivity index (χ0v) is 9.34. The lowest BCUT2D eigenvalue weighted by molar-refractivity contribution is 0.137. The molecule has 0 spiro atoms. The Morgan fingerprint density at radius 3 is 2.31 bits per heavy atom. The summed E-state index contributed by atoms with van der Waals surface area (Å²) in [5.74, 6) is 0.869. The van der Waals surface area contributed by atoms with Gasteiger partial charge in [-0.15, -0.1) is 0 Å². The van der Waals surface area contributed by atoms with Gasteiger partial charge in [0, 0.05) is 57.7 Å². The molecule has 86 valence electrons. The van der Waals surface area contributed by atoms with Crippen LogP contribution in [0.25, 0.3) is 0 Å². The van der Waals surface area contributed by atoms with E-state index in [1.807, 2.05) is 18.5 Å². The second-order valence-electron chi connectivity index (χ2n) is 4.38. The predicted octanol–water partition coefficient (Wildman–Crippen LogP) is -0.430. The molecule has 1 aromatic heterocycles. The lowest BCUT2D eigenvalue weighted by Crippen LogP contribution is -2.61. The quantitative estimate of drug-likeness (QED) is 0.731. The van der Waals surface area contributed by atoms with E-state index >= 15 is 0 Å². The normalized spacial score (nSPS) is 23.1. The fraction of sp³-hybridized carbons (Fsp3) is 0.636. The monoisotopic (exact) mass is 219 g/mol. The predicted molar refractivity (Wildman–Crippen MR) is 62.5 cm³/mol. The van der Waals surface area contributed by atoms with Crippen molar-refractivity contribution in [2.75, 3.05) is 44.2 Å². The molecule has 0 bridgehead atoms. The summed E-state index contributed by atoms with van der Waals surface area (Å²) in [7, 11) is 0. The first kappa shape index (κ1) is 9.99. The van der Waals surface area contributed by atoms with E-state index in [1.54, 1.807) is 0 Å². The maximum Gasteiger partial charge on any atom is 0.225 e. The summed E-state index contributed by atoms with van der Waals surface area (Å²) in [4.78, 5) is 13.4. The Kier molecular flexibility index (Phi) is 2.71. The van der Waals surface area contributed by atoms with Gasteiger partial charge in [0.05, 0.1) is 0 Å². The first-order valence-electron chi connectivity index (χ1n) is 5.90. The Labute approximate surface area is 95.5 Å². The van der Waals surface area contributed by atoms with Gasteiger partial charge in [0.25, 0.3) is 0 Å². The van der Waals surface area contributed by atoms with Gasteiger partial charge >= 0.3 is 0 Å². The number of piperazine rings is 1. The number of nitrogens with zero attached hydrogens (tertiary/aromatic N) is 4. The SMILES string of the molecule is c1cnc(N2CCN(C3CNC3)CC2)nc1. The maximum atomic E-state index is 4.29. The highest BCUT2D eigenvalue weighted by Gasteiger charge is 2.28. The van der Waals surface area contributed by atoms with Gasteiger partial charge in [0.2, 0.25) is 5.95 Å². The van der Waals surface area contributed by atoms with Crippen molar-refractivity contribution in [1.82, 2.24) is 20.2 Å². The van der Waals surface area contributed by atoms with Crippen molar-refractivity contribution in [3.8, 4) is 0 Å². The number of rotatable bonds is 2. The lowest BCUT2D eigenvalue weighted by Gasteiger charge is -2.43. The van der Waals surface area contributed by atoms with Crippen molar-refractivity contribution < 1.29 is 0 Å². The minimum absolute atomic E-state index is 0.763. The molecule has 1 aromatic rings. The molecule has 0 radical (unpaired) electrons. The lowest BCUT2D eigenvalue weighted by atomic mass is 10.1. The Morgan fingerprint density at radius 1 is 1.06 bits per heavy atom. The number of aromatic nitrogens is 2. The molecule has 3 heterocycles. The molecule has 16 heavy (non-hydrogen) atoms. The van der Waals surface area contributed by atoms with E-state index in [4.69, 9.17) is 0 Å². The van der Waals surface area contributed by atoms with E-state index in [9.17, 15) is 0 Å². The third-order valence-electron chi connectivity index (χ3n) is 3.43. The van der Waals surface area contributed by atoms with Crippen LogP contribution < -0.4 is 10.2 Å². The summed E-state index contributed by atoms with van der Waals surface area (Å²) in [6.07, 6.45) is 3.62. The minimum atomic E-state index is 0.763. The number of anilines is 1. The van der Waals surface area contributed by atoms with Crippen LogP contribution in [0.1, 0.15) is 0 Å². The molecular formula is C11H17N5. The van der Waals surface area contributed by atoms with E-state index in [-0.39, 0.29) is 0 Å². The third kappa shape index (κ3) is 1.88. The molecule has 2 fully saturated rings. The second kappa shape index (κ2) is 4.35. The number of hydrogen-bond acceptors (Lipinski definition) is 5. The van der Waals surface area contributed by atoms with Gasteiger partial charge in [-0.2, -0.15) is 0 Å². The summed E-state index contributed by atoms with van der Waals surface area (Å²) in [5, 5.41) is 3.32. The van der Waals surface area contributed by atoms with E-state index < -0.39 is 0 Å². The van der Waals surface area contributed by atoms with Crippen LogP contribution in [-0.4, -0.2) is 60.2 Å². The molecular weight excluding hydrogens is 202 g/mol. The van der Waals surface area contributed by atoms with Gasteiger partial charge in [0.15, 0.2) is 0 Å². The molecule has 0 atom stereocenters. The second-order valence-corrected chi connectivity index (χ2v) is 4.38. The smallest absolute Gasteiger partial charge is 0.225 e. The highest BCUT2D eigenvalue weighted by Crippen LogP contribution is 2.13. The Balaban J connectivity index is 1.58. The van der Waals surface area contributed by atoms with Gasteiger partial charge in [-0.05, 0) is 6.07 Å². The average Bonchev–Trinajstić information content (AvgIpc) is 2.29. The van der Waals surface area contributed by atoms with E-state index in [2.05, 4.69) is 25.1 Å². The van der Waals surface area contributed by atoms with E-state index in [1.165, 1.54) is 0 Å². The minimum Gasteiger partial charge on any atom is -0.338 e. The maximum absolute atomic E-state index is 4.29. The largest absolute Gasteiger partial charge is 0.338 e. The Hall–Kier alpha value is -1.20. The number of hydrogen-bond donors (Lipinski definition) is 1. The van der Waals surface area contributed by atoms with Crippen LogP contribution in [0.5, 0.6) is 0 Å². The van der Waals surface area contributed by atoms with Crippen molar-refractivity contribution in [3.63, 3.8) is 0 Å². The van der Waals surface area contributed by atoms with Crippen molar-refractivity contribution in [3.05, 3.63) is 18.5 Å². The summed E-state index contributed by atoms with van der Waals surface area (Å²) < 4.78 is 0. The van der Waals surface area contributed by atoms with Crippen LogP contribution in [0, 0.1) is 0 Å². The Morgan fingerprint density at radius 2 is 1.75 bits per heavy atom. The van der Waals surface area contributed by atoms with E-state index in [0.717, 1.165) is 51.3 Å². The van der Waals surface area contributed by atoms with Crippen LogP contribution in [-0.2, 0) is 0 Å². The molecule has 0 saturated carbocycles. The fourth-order valence-corrected chi connectivity index (χ4v) is 2.27. The van der Waals surface area contributed by atoms with Gasteiger partial charge in [0.1, 0.15) is 0 Å². The first-order chi connectivity index (χ1) is 7.93. The summed E-state index contributed by atoms with van der Waals surface area (Å²) in [6.45, 7) is 6.65. The number of nitrogens with one attached hydrogen (secondary N) is 1. The standard InChI is InChI=1S/C11H17N5/c1-2-13-11(14-3-1)16-6-4-15(5-7-16)10-8-12-9-10/h1-3,10,12H,4-9H2. The van der Waals surface area contributed by atoms with Crippen molar-refractivity contribution in [1.29, 1.82) is 0 Å². The molecule has 3 rings (SSSR count). The molecule has 0 aromatic carbocycles. The molecule has 0 aliphatic carbocycles. The molecule has 2 saturated heterocycles. The molecule has 0 unspecified atom stereocenters. The summed E-state index contributed by atoms with van der Waals surface area (Å²) >= 11 is 0. The van der Waals surface area contributed by atoms with Crippen molar-refractivity contribution in [2.45, 2.75) is 6.04 Å². The Bertz CT molecular complexity index is 329. The van der Waals surface area contributed by atoms with Gasteiger partial charge in [-0.25, -0.2) is 9.97 Å². The topological polar surface area (TPSA) is 44.3 Å². The molecule has 5 heteroatoms. The molecule has 2 aliphatic heterocycles. The van der Waals surface area contributed by atoms with Gasteiger partial charge in [-0.3, -0.25) is 4.90 Å². The summed E-state index contributed by atoms with van der Waals surface area (Å²) in [5.41, 5.74) is 0. The average molecular weight is 219 g/mol. The van der Waals surface area contributed by atoms with Crippen LogP contribution in [0.3, 0.4) is 0 Å². The zero-order chi connectivity index (χ0) is 10.8. The molecule has 2 aliphatic rings. The first-order valence-corrected chi connectivity index (χ1v) is 5.90. The fourth-order valence-electron chi connectivity index (χ4n) is 2.27. The highest BCUT2D eigenvalue weighted by atomic mass is 15.3. The van der Waals surface area contributed by atoms with Crippen LogP contribution in [0.2, 0.25) is 0 Å². The van der Waals surface area contributed by atoms with Crippen molar-refractivity contribution >= 4 is 5.95 Å². The molecule has 5 nitrogen and oxygen atoms in total. The molecule has 1 N–H and O–H groups in total. The summed E-state index contributed by atoms with van der Waals surface area (Å²) in [6, 6.07) is 2.62. The third-order valence-corrected chi connectivity index (χ3v) is 3.43. The molecule has 0 amide bonds. The van der Waals surface area contributed by atoms with Gasteiger partial charge in [-0.1, -0.05) is 0 Å². The van der Waals surface area contributed by atoms with Crippen molar-refractivity contribution in [2.24, 2.45) is 0 Å². The van der Waals surface area contributed by atoms with Crippen LogP contribution in [0.4, 0.5) is 5.95 Å². The zero-order valence-electron chi connectivity index (χ0n) is 9.34. The van der Waals surface area contributed by atoms with Crippen LogP contribution in [0.15, 0.2) is 18.5 Å². The van der Waals surface area contributed by atoms with E-state index in [0.29, 0.717) is 0 Å².